The number of unbranched alkanes of at least 4 members (excludes halogenated alkanes) is 9. The Morgan fingerprint density at radius 2 is 1.14 bits per heavy atom. The van der Waals surface area contributed by atoms with E-state index in [1.807, 2.05) is 0 Å². The summed E-state index contributed by atoms with van der Waals surface area (Å²) in [6.07, 6.45) is 37.1. The number of allylic oxidation sites excluding steroid dienone is 8. The lowest BCUT2D eigenvalue weighted by molar-refractivity contribution is -0.150. The summed E-state index contributed by atoms with van der Waals surface area (Å²) in [6, 6.07) is 0. The molecule has 0 heterocycles. The maximum atomic E-state index is 12.4. The Labute approximate surface area is 228 Å². The molecule has 4 nitrogen and oxygen atoms in total. The van der Waals surface area contributed by atoms with Gasteiger partial charge in [-0.3, -0.25) is 9.59 Å². The van der Waals surface area contributed by atoms with E-state index < -0.39 is 5.97 Å². The van der Waals surface area contributed by atoms with Gasteiger partial charge in [0.25, 0.3) is 0 Å². The highest BCUT2D eigenvalue weighted by atomic mass is 16.5. The van der Waals surface area contributed by atoms with Gasteiger partial charge in [0, 0.05) is 12.8 Å². The average molecular weight is 517 g/mol. The van der Waals surface area contributed by atoms with Crippen molar-refractivity contribution in [1.29, 1.82) is 0 Å². The molecule has 0 aromatic heterocycles. The molecule has 0 aliphatic heterocycles. The average Bonchev–Trinajstić information content (AvgIpc) is 2.87. The maximum Gasteiger partial charge on any atom is 0.306 e. The van der Waals surface area contributed by atoms with E-state index in [9.17, 15) is 9.59 Å². The number of hydrogen-bond donors (Lipinski definition) is 1. The van der Waals surface area contributed by atoms with Gasteiger partial charge in [0.1, 0.15) is 6.10 Å². The highest BCUT2D eigenvalue weighted by Crippen LogP contribution is 2.17. The number of aliphatic carboxylic acids is 1. The SMILES string of the molecule is CC/C=C\C/C=C\C/C=C\C/C=C\CCCCC(=O)OC(CCCCC)CCCCCCCCC(=O)O. The molecular formula is C33H56O4. The summed E-state index contributed by atoms with van der Waals surface area (Å²) in [5.74, 6) is -0.744. The highest BCUT2D eigenvalue weighted by molar-refractivity contribution is 5.69. The minimum absolute atomic E-state index is 0.0414. The summed E-state index contributed by atoms with van der Waals surface area (Å²) in [4.78, 5) is 22.9. The molecule has 0 aliphatic carbocycles. The zero-order chi connectivity index (χ0) is 27.2. The molecule has 1 atom stereocenters. The predicted octanol–water partition coefficient (Wildman–Crippen LogP) is 10.0. The van der Waals surface area contributed by atoms with E-state index in [1.54, 1.807) is 0 Å². The van der Waals surface area contributed by atoms with Crippen LogP contribution in [0.2, 0.25) is 0 Å². The summed E-state index contributed by atoms with van der Waals surface area (Å²) in [5, 5.41) is 8.69. The van der Waals surface area contributed by atoms with Crippen LogP contribution >= 0.6 is 0 Å². The van der Waals surface area contributed by atoms with Crippen molar-refractivity contribution in [2.24, 2.45) is 0 Å². The number of esters is 1. The van der Waals surface area contributed by atoms with Crippen LogP contribution in [0.15, 0.2) is 48.6 Å². The lowest BCUT2D eigenvalue weighted by Gasteiger charge is -2.18. The predicted molar refractivity (Wildman–Crippen MR) is 158 cm³/mol. The molecule has 1 N–H and O–H groups in total. The number of carbonyl (C=O) groups excluding carboxylic acids is 1. The van der Waals surface area contributed by atoms with Crippen LogP contribution < -0.4 is 0 Å². The first-order valence-corrected chi connectivity index (χ1v) is 15.1. The van der Waals surface area contributed by atoms with Crippen molar-refractivity contribution in [2.45, 2.75) is 148 Å². The fourth-order valence-corrected chi connectivity index (χ4v) is 4.11. The van der Waals surface area contributed by atoms with Gasteiger partial charge < -0.3 is 9.84 Å². The van der Waals surface area contributed by atoms with E-state index in [1.165, 1.54) is 12.8 Å². The van der Waals surface area contributed by atoms with Crippen molar-refractivity contribution in [1.82, 2.24) is 0 Å². The Bertz CT molecular complexity index is 645. The summed E-state index contributed by atoms with van der Waals surface area (Å²) in [7, 11) is 0. The molecule has 0 saturated carbocycles. The standard InChI is InChI=1S/C33H56O4/c1-3-5-7-8-9-10-11-12-13-14-15-16-17-22-26-30-33(36)37-31(27-23-6-4-2)28-24-20-18-19-21-25-29-32(34)35/h5,7,9-10,12-13,15-16,31H,3-4,6,8,11,14,17-30H2,1-2H3,(H,34,35)/b7-5-,10-9-,13-12-,16-15-. The van der Waals surface area contributed by atoms with Gasteiger partial charge in [0.2, 0.25) is 0 Å². The van der Waals surface area contributed by atoms with Crippen LogP contribution in [-0.4, -0.2) is 23.1 Å². The molecule has 0 amide bonds. The van der Waals surface area contributed by atoms with E-state index in [0.717, 1.165) is 103 Å². The van der Waals surface area contributed by atoms with Crippen molar-refractivity contribution in [2.75, 3.05) is 0 Å². The Kier molecular flexibility index (Phi) is 26.9. The maximum absolute atomic E-state index is 12.4. The van der Waals surface area contributed by atoms with E-state index in [2.05, 4.69) is 62.5 Å². The largest absolute Gasteiger partial charge is 0.481 e. The number of carboxylic acid groups (broad SMARTS) is 1. The molecule has 0 rings (SSSR count). The van der Waals surface area contributed by atoms with Crippen LogP contribution in [0.3, 0.4) is 0 Å². The molecule has 0 aliphatic rings. The number of carbonyl (C=O) groups is 2. The van der Waals surface area contributed by atoms with Crippen molar-refractivity contribution in [3.05, 3.63) is 48.6 Å². The second-order valence-corrected chi connectivity index (χ2v) is 9.91. The Morgan fingerprint density at radius 3 is 1.73 bits per heavy atom. The summed E-state index contributed by atoms with van der Waals surface area (Å²) in [5.41, 5.74) is 0. The van der Waals surface area contributed by atoms with Crippen molar-refractivity contribution in [3.63, 3.8) is 0 Å². The quantitative estimate of drug-likeness (QED) is 0.0705. The normalized spacial score (nSPS) is 12.9. The molecule has 0 radical (unpaired) electrons. The van der Waals surface area contributed by atoms with Crippen LogP contribution in [0.25, 0.3) is 0 Å². The van der Waals surface area contributed by atoms with Gasteiger partial charge in [-0.05, 0) is 77.0 Å². The van der Waals surface area contributed by atoms with Crippen molar-refractivity contribution in [3.8, 4) is 0 Å². The summed E-state index contributed by atoms with van der Waals surface area (Å²) >= 11 is 0. The van der Waals surface area contributed by atoms with E-state index >= 15 is 0 Å². The van der Waals surface area contributed by atoms with Crippen LogP contribution in [0.4, 0.5) is 0 Å². The topological polar surface area (TPSA) is 63.6 Å². The lowest BCUT2D eigenvalue weighted by Crippen LogP contribution is -2.18. The Hall–Kier alpha value is -2.10. The molecule has 1 unspecified atom stereocenters. The van der Waals surface area contributed by atoms with Crippen molar-refractivity contribution >= 4 is 11.9 Å². The van der Waals surface area contributed by atoms with Gasteiger partial charge >= 0.3 is 11.9 Å². The molecule has 212 valence electrons. The molecule has 37 heavy (non-hydrogen) atoms. The number of rotatable bonds is 26. The molecule has 0 spiro atoms. The molecule has 0 saturated heterocycles. The number of ether oxygens (including phenoxy) is 1. The van der Waals surface area contributed by atoms with Gasteiger partial charge in [0.05, 0.1) is 0 Å². The first-order valence-electron chi connectivity index (χ1n) is 15.1. The third-order valence-electron chi connectivity index (χ3n) is 6.32. The molecule has 0 bridgehead atoms. The van der Waals surface area contributed by atoms with E-state index in [0.29, 0.717) is 6.42 Å². The van der Waals surface area contributed by atoms with Gasteiger partial charge in [0.15, 0.2) is 0 Å². The van der Waals surface area contributed by atoms with Crippen molar-refractivity contribution < 1.29 is 19.4 Å². The second kappa shape index (κ2) is 28.5. The molecule has 4 heteroatoms. The molecule has 0 fully saturated rings. The van der Waals surface area contributed by atoms with Crippen LogP contribution in [0, 0.1) is 0 Å². The van der Waals surface area contributed by atoms with Gasteiger partial charge in [-0.1, -0.05) is 101 Å². The highest BCUT2D eigenvalue weighted by Gasteiger charge is 2.14. The minimum Gasteiger partial charge on any atom is -0.481 e. The van der Waals surface area contributed by atoms with Crippen LogP contribution in [0.5, 0.6) is 0 Å². The van der Waals surface area contributed by atoms with E-state index in [-0.39, 0.29) is 18.5 Å². The third-order valence-corrected chi connectivity index (χ3v) is 6.32. The summed E-state index contributed by atoms with van der Waals surface area (Å²) in [6.45, 7) is 4.35. The van der Waals surface area contributed by atoms with Crippen LogP contribution in [-0.2, 0) is 14.3 Å². The van der Waals surface area contributed by atoms with E-state index in [4.69, 9.17) is 9.84 Å². The zero-order valence-electron chi connectivity index (χ0n) is 24.0. The Balaban J connectivity index is 3.92. The summed E-state index contributed by atoms with van der Waals surface area (Å²) < 4.78 is 5.85. The van der Waals surface area contributed by atoms with Gasteiger partial charge in [-0.25, -0.2) is 0 Å². The number of carboxylic acids is 1. The minimum atomic E-state index is -0.702. The first kappa shape index (κ1) is 34.9. The second-order valence-electron chi connectivity index (χ2n) is 9.91. The van der Waals surface area contributed by atoms with Crippen LogP contribution in [0.1, 0.15) is 142 Å². The molecule has 0 aromatic carbocycles. The lowest BCUT2D eigenvalue weighted by atomic mass is 10.0. The third kappa shape index (κ3) is 28.3. The molecule has 0 aromatic rings. The molecular weight excluding hydrogens is 460 g/mol. The fraction of sp³-hybridized carbons (Fsp3) is 0.697. The first-order chi connectivity index (χ1) is 18.1. The zero-order valence-corrected chi connectivity index (χ0v) is 24.0. The monoisotopic (exact) mass is 516 g/mol. The smallest absolute Gasteiger partial charge is 0.306 e. The van der Waals surface area contributed by atoms with Gasteiger partial charge in [-0.2, -0.15) is 0 Å². The number of hydrogen-bond acceptors (Lipinski definition) is 3. The van der Waals surface area contributed by atoms with Gasteiger partial charge in [-0.15, -0.1) is 0 Å². The Morgan fingerprint density at radius 1 is 0.622 bits per heavy atom. The fourth-order valence-electron chi connectivity index (χ4n) is 4.11.